The topological polar surface area (TPSA) is 22.0 Å². The van der Waals surface area contributed by atoms with Gasteiger partial charge < -0.3 is 4.57 Å². The van der Waals surface area contributed by atoms with Crippen molar-refractivity contribution in [2.75, 3.05) is 0 Å². The zero-order valence-electron chi connectivity index (χ0n) is 10.5. The molecule has 0 fully saturated rings. The first-order chi connectivity index (χ1) is 7.82. The summed E-state index contributed by atoms with van der Waals surface area (Å²) < 4.78 is 1.62. The quantitative estimate of drug-likeness (QED) is 0.701. The molecule has 1 aromatic carbocycles. The Kier molecular flexibility index (Phi) is 2.78. The van der Waals surface area contributed by atoms with Crippen LogP contribution in [0.2, 0.25) is 5.02 Å². The van der Waals surface area contributed by atoms with Gasteiger partial charge in [0.1, 0.15) is 0 Å². The maximum atomic E-state index is 12.1. The highest BCUT2D eigenvalue weighted by Crippen LogP contribution is 2.32. The molecular weight excluding hydrogens is 234 g/mol. The second kappa shape index (κ2) is 3.88. The van der Waals surface area contributed by atoms with Crippen molar-refractivity contribution < 1.29 is 0 Å². The van der Waals surface area contributed by atoms with Crippen LogP contribution in [-0.4, -0.2) is 4.57 Å². The van der Waals surface area contributed by atoms with Crippen molar-refractivity contribution in [2.45, 2.75) is 26.2 Å². The molecule has 0 radical (unpaired) electrons. The molecule has 0 amide bonds. The summed E-state index contributed by atoms with van der Waals surface area (Å²) in [7, 11) is 1.78. The number of pyridine rings is 1. The van der Waals surface area contributed by atoms with Crippen LogP contribution in [0.3, 0.4) is 0 Å². The van der Waals surface area contributed by atoms with Crippen molar-refractivity contribution in [3.63, 3.8) is 0 Å². The van der Waals surface area contributed by atoms with E-state index in [4.69, 9.17) is 11.6 Å². The summed E-state index contributed by atoms with van der Waals surface area (Å²) in [5, 5.41) is 2.21. The van der Waals surface area contributed by atoms with Gasteiger partial charge in [0.15, 0.2) is 0 Å². The van der Waals surface area contributed by atoms with Crippen molar-refractivity contribution in [3.05, 3.63) is 45.3 Å². The molecule has 0 unspecified atom stereocenters. The van der Waals surface area contributed by atoms with Gasteiger partial charge in [-0.1, -0.05) is 38.4 Å². The number of aryl methyl sites for hydroxylation is 1. The van der Waals surface area contributed by atoms with Gasteiger partial charge in [-0.15, -0.1) is 0 Å². The van der Waals surface area contributed by atoms with Crippen LogP contribution in [0.25, 0.3) is 10.8 Å². The Morgan fingerprint density at radius 1 is 1.24 bits per heavy atom. The molecule has 3 heteroatoms. The standard InChI is InChI=1S/C14H16ClNO/c1-14(2,3)10-8-16(4)13(17)9-6-5-7-11(15)12(9)10/h5-8H,1-4H3. The van der Waals surface area contributed by atoms with Gasteiger partial charge in [0.2, 0.25) is 0 Å². The van der Waals surface area contributed by atoms with E-state index in [9.17, 15) is 4.79 Å². The van der Waals surface area contributed by atoms with E-state index >= 15 is 0 Å². The molecule has 0 saturated carbocycles. The van der Waals surface area contributed by atoms with E-state index in [0.717, 1.165) is 10.9 Å². The van der Waals surface area contributed by atoms with Crippen LogP contribution >= 0.6 is 11.6 Å². The first-order valence-electron chi connectivity index (χ1n) is 5.60. The number of benzene rings is 1. The molecule has 2 rings (SSSR count). The summed E-state index contributed by atoms with van der Waals surface area (Å²) in [6.45, 7) is 6.36. The highest BCUT2D eigenvalue weighted by molar-refractivity contribution is 6.35. The van der Waals surface area contributed by atoms with Crippen molar-refractivity contribution in [1.29, 1.82) is 0 Å². The van der Waals surface area contributed by atoms with Crippen LogP contribution in [0.5, 0.6) is 0 Å². The number of halogens is 1. The van der Waals surface area contributed by atoms with E-state index in [1.807, 2.05) is 24.4 Å². The van der Waals surface area contributed by atoms with Crippen LogP contribution in [0, 0.1) is 0 Å². The molecule has 0 bridgehead atoms. The first-order valence-corrected chi connectivity index (χ1v) is 5.98. The monoisotopic (exact) mass is 249 g/mol. The Labute approximate surface area is 106 Å². The van der Waals surface area contributed by atoms with E-state index in [1.54, 1.807) is 11.6 Å². The fourth-order valence-electron chi connectivity index (χ4n) is 2.05. The fourth-order valence-corrected chi connectivity index (χ4v) is 2.33. The Morgan fingerprint density at radius 2 is 1.88 bits per heavy atom. The minimum absolute atomic E-state index is 0.00417. The molecule has 1 aromatic heterocycles. The van der Waals surface area contributed by atoms with Crippen molar-refractivity contribution in [3.8, 4) is 0 Å². The molecule has 0 saturated heterocycles. The molecule has 0 aliphatic heterocycles. The van der Waals surface area contributed by atoms with Crippen LogP contribution in [-0.2, 0) is 12.5 Å². The summed E-state index contributed by atoms with van der Waals surface area (Å²) in [6, 6.07) is 5.48. The van der Waals surface area contributed by atoms with Gasteiger partial charge in [0.25, 0.3) is 5.56 Å². The number of rotatable bonds is 0. The second-order valence-electron chi connectivity index (χ2n) is 5.37. The molecule has 90 valence electrons. The zero-order valence-corrected chi connectivity index (χ0v) is 11.3. The summed E-state index contributed by atoms with van der Waals surface area (Å²) in [4.78, 5) is 12.1. The normalized spacial score (nSPS) is 12.1. The lowest BCUT2D eigenvalue weighted by atomic mass is 9.85. The molecule has 0 spiro atoms. The maximum Gasteiger partial charge on any atom is 0.258 e. The Morgan fingerprint density at radius 3 is 2.47 bits per heavy atom. The molecule has 2 aromatic rings. The van der Waals surface area contributed by atoms with Crippen molar-refractivity contribution in [2.24, 2.45) is 7.05 Å². The summed E-state index contributed by atoms with van der Waals surface area (Å²) in [6.07, 6.45) is 1.89. The number of hydrogen-bond acceptors (Lipinski definition) is 1. The van der Waals surface area contributed by atoms with Crippen LogP contribution < -0.4 is 5.56 Å². The van der Waals surface area contributed by atoms with Crippen LogP contribution in [0.1, 0.15) is 26.3 Å². The van der Waals surface area contributed by atoms with Crippen LogP contribution in [0.15, 0.2) is 29.2 Å². The number of nitrogens with zero attached hydrogens (tertiary/aromatic N) is 1. The molecule has 0 N–H and O–H groups in total. The number of aromatic nitrogens is 1. The van der Waals surface area contributed by atoms with E-state index in [-0.39, 0.29) is 11.0 Å². The Bertz CT molecular complexity index is 635. The minimum Gasteiger partial charge on any atom is -0.318 e. The fraction of sp³-hybridized carbons (Fsp3) is 0.357. The van der Waals surface area contributed by atoms with Gasteiger partial charge in [-0.25, -0.2) is 0 Å². The third-order valence-corrected chi connectivity index (χ3v) is 3.28. The largest absolute Gasteiger partial charge is 0.318 e. The zero-order chi connectivity index (χ0) is 12.8. The molecular formula is C14H16ClNO. The SMILES string of the molecule is Cn1cc(C(C)(C)C)c2c(Cl)cccc2c1=O. The van der Waals surface area contributed by atoms with E-state index in [2.05, 4.69) is 20.8 Å². The number of hydrogen-bond donors (Lipinski definition) is 0. The average molecular weight is 250 g/mol. The van der Waals surface area contributed by atoms with Gasteiger partial charge >= 0.3 is 0 Å². The van der Waals surface area contributed by atoms with Gasteiger partial charge in [0.05, 0.1) is 0 Å². The Balaban J connectivity index is 3.05. The third kappa shape index (κ3) is 1.98. The highest BCUT2D eigenvalue weighted by atomic mass is 35.5. The summed E-state index contributed by atoms with van der Waals surface area (Å²) in [5.74, 6) is 0. The van der Waals surface area contributed by atoms with Gasteiger partial charge in [0, 0.05) is 29.0 Å². The molecule has 17 heavy (non-hydrogen) atoms. The molecule has 0 aliphatic rings. The first kappa shape index (κ1) is 12.2. The lowest BCUT2D eigenvalue weighted by molar-refractivity contribution is 0.587. The van der Waals surface area contributed by atoms with Crippen molar-refractivity contribution in [1.82, 2.24) is 4.57 Å². The molecule has 1 heterocycles. The summed E-state index contributed by atoms with van der Waals surface area (Å²) >= 11 is 6.24. The highest BCUT2D eigenvalue weighted by Gasteiger charge is 2.20. The Hall–Kier alpha value is -1.28. The lowest BCUT2D eigenvalue weighted by Crippen LogP contribution is -2.22. The van der Waals surface area contributed by atoms with Crippen LogP contribution in [0.4, 0.5) is 0 Å². The van der Waals surface area contributed by atoms with Gasteiger partial charge in [-0.05, 0) is 23.1 Å². The lowest BCUT2D eigenvalue weighted by Gasteiger charge is -2.22. The van der Waals surface area contributed by atoms with Gasteiger partial charge in [-0.2, -0.15) is 0 Å². The molecule has 0 atom stereocenters. The third-order valence-electron chi connectivity index (χ3n) is 2.96. The summed E-state index contributed by atoms with van der Waals surface area (Å²) in [5.41, 5.74) is 1.05. The average Bonchev–Trinajstić information content (AvgIpc) is 2.22. The van der Waals surface area contributed by atoms with Crippen molar-refractivity contribution >= 4 is 22.4 Å². The molecule has 2 nitrogen and oxygen atoms in total. The number of fused-ring (bicyclic) bond motifs is 1. The molecule has 0 aliphatic carbocycles. The van der Waals surface area contributed by atoms with E-state index < -0.39 is 0 Å². The smallest absolute Gasteiger partial charge is 0.258 e. The van der Waals surface area contributed by atoms with E-state index in [0.29, 0.717) is 10.4 Å². The van der Waals surface area contributed by atoms with E-state index in [1.165, 1.54) is 0 Å². The van der Waals surface area contributed by atoms with Gasteiger partial charge in [-0.3, -0.25) is 4.79 Å². The predicted octanol–water partition coefficient (Wildman–Crippen LogP) is 3.49. The second-order valence-corrected chi connectivity index (χ2v) is 5.78. The predicted molar refractivity (Wildman–Crippen MR) is 72.9 cm³/mol. The minimum atomic E-state index is -0.0469. The maximum absolute atomic E-state index is 12.1.